The zero-order valence-electron chi connectivity index (χ0n) is 13.9. The Morgan fingerprint density at radius 1 is 1.32 bits per heavy atom. The molecule has 1 heterocycles. The van der Waals surface area contributed by atoms with Gasteiger partial charge < -0.3 is 14.0 Å². The first-order chi connectivity index (χ1) is 11.4. The predicted molar refractivity (Wildman–Crippen MR) is 88.1 cm³/mol. The van der Waals surface area contributed by atoms with Gasteiger partial charge in [0, 0.05) is 44.8 Å². The van der Waals surface area contributed by atoms with Crippen LogP contribution in [0.25, 0.3) is 11.3 Å². The van der Waals surface area contributed by atoms with E-state index in [0.717, 1.165) is 10.1 Å². The molecule has 133 valence electrons. The SMILES string of the molecule is COCCOc1ccc(-c2[c-]cc(Cl)c(=O)n2CC(F)F)c(C)c1.[Y]. The summed E-state index contributed by atoms with van der Waals surface area (Å²) < 4.78 is 37.0. The first-order valence-corrected chi connectivity index (χ1v) is 7.63. The molecule has 1 aromatic carbocycles. The van der Waals surface area contributed by atoms with E-state index in [-0.39, 0.29) is 43.4 Å². The molecular weight excluding hydrogens is 429 g/mol. The molecule has 0 saturated carbocycles. The van der Waals surface area contributed by atoms with Gasteiger partial charge in [0.05, 0.1) is 13.2 Å². The van der Waals surface area contributed by atoms with E-state index < -0.39 is 18.5 Å². The van der Waals surface area contributed by atoms with Crippen LogP contribution >= 0.6 is 11.6 Å². The number of methoxy groups -OCH3 is 1. The van der Waals surface area contributed by atoms with Crippen molar-refractivity contribution >= 4 is 11.6 Å². The molecule has 0 fully saturated rings. The number of pyridine rings is 1. The van der Waals surface area contributed by atoms with Crippen LogP contribution in [0.4, 0.5) is 8.78 Å². The molecule has 0 bridgehead atoms. The van der Waals surface area contributed by atoms with E-state index in [0.29, 0.717) is 24.5 Å². The molecule has 4 nitrogen and oxygen atoms in total. The summed E-state index contributed by atoms with van der Waals surface area (Å²) >= 11 is 5.75. The van der Waals surface area contributed by atoms with Crippen molar-refractivity contribution in [1.82, 2.24) is 4.57 Å². The van der Waals surface area contributed by atoms with Gasteiger partial charge in [-0.2, -0.15) is 23.7 Å². The molecule has 0 amide bonds. The fraction of sp³-hybridized carbons (Fsp3) is 0.353. The van der Waals surface area contributed by atoms with Gasteiger partial charge in [0.25, 0.3) is 6.43 Å². The minimum atomic E-state index is -2.68. The van der Waals surface area contributed by atoms with Crippen LogP contribution in [0.15, 0.2) is 29.1 Å². The van der Waals surface area contributed by atoms with E-state index in [2.05, 4.69) is 6.07 Å². The Balaban J connectivity index is 0.00000312. The summed E-state index contributed by atoms with van der Waals surface area (Å²) in [5.74, 6) is 0.630. The number of hydrogen-bond acceptors (Lipinski definition) is 3. The summed E-state index contributed by atoms with van der Waals surface area (Å²) in [6.45, 7) is 1.92. The van der Waals surface area contributed by atoms with Crippen molar-refractivity contribution in [3.63, 3.8) is 0 Å². The van der Waals surface area contributed by atoms with Gasteiger partial charge >= 0.3 is 0 Å². The number of rotatable bonds is 7. The second kappa shape index (κ2) is 10.4. The fourth-order valence-corrected chi connectivity index (χ4v) is 2.43. The van der Waals surface area contributed by atoms with Gasteiger partial charge in [0.15, 0.2) is 0 Å². The molecule has 8 heteroatoms. The van der Waals surface area contributed by atoms with Crippen LogP contribution in [0.2, 0.25) is 5.02 Å². The maximum absolute atomic E-state index is 12.8. The Morgan fingerprint density at radius 2 is 2.04 bits per heavy atom. The zero-order valence-corrected chi connectivity index (χ0v) is 17.5. The van der Waals surface area contributed by atoms with Crippen molar-refractivity contribution in [3.8, 4) is 17.0 Å². The van der Waals surface area contributed by atoms with Gasteiger partial charge in [-0.15, -0.1) is 6.07 Å². The van der Waals surface area contributed by atoms with Crippen molar-refractivity contribution in [2.24, 2.45) is 0 Å². The van der Waals surface area contributed by atoms with Gasteiger partial charge in [-0.1, -0.05) is 23.7 Å². The van der Waals surface area contributed by atoms with Crippen LogP contribution in [0.3, 0.4) is 0 Å². The third-order valence-electron chi connectivity index (χ3n) is 3.38. The zero-order chi connectivity index (χ0) is 17.7. The Bertz CT molecular complexity index is 768. The summed E-state index contributed by atoms with van der Waals surface area (Å²) in [7, 11) is 1.58. The molecule has 1 aromatic heterocycles. The molecule has 0 aliphatic heterocycles. The average Bonchev–Trinajstić information content (AvgIpc) is 2.53. The number of halogens is 3. The number of ether oxygens (including phenoxy) is 2. The van der Waals surface area contributed by atoms with Gasteiger partial charge in [-0.05, 0) is 12.1 Å². The van der Waals surface area contributed by atoms with E-state index in [1.165, 1.54) is 6.07 Å². The molecule has 2 aromatic rings. The van der Waals surface area contributed by atoms with E-state index in [9.17, 15) is 13.6 Å². The molecule has 0 aliphatic carbocycles. The Hall–Kier alpha value is -0.816. The summed E-state index contributed by atoms with van der Waals surface area (Å²) in [5.41, 5.74) is 0.991. The number of aromatic nitrogens is 1. The molecule has 25 heavy (non-hydrogen) atoms. The number of nitrogens with zero attached hydrogens (tertiary/aromatic N) is 1. The Morgan fingerprint density at radius 3 is 2.64 bits per heavy atom. The molecule has 0 atom stereocenters. The maximum Gasteiger partial charge on any atom is 0.256 e. The largest absolute Gasteiger partial charge is 0.491 e. The van der Waals surface area contributed by atoms with E-state index in [1.54, 1.807) is 32.2 Å². The van der Waals surface area contributed by atoms with Crippen LogP contribution in [0.1, 0.15) is 5.56 Å². The van der Waals surface area contributed by atoms with Crippen molar-refractivity contribution in [1.29, 1.82) is 0 Å². The van der Waals surface area contributed by atoms with E-state index in [4.69, 9.17) is 21.1 Å². The number of hydrogen-bond donors (Lipinski definition) is 0. The molecular formula is C17H17ClF2NO3Y-. The van der Waals surface area contributed by atoms with Crippen LogP contribution in [-0.2, 0) is 44.0 Å². The monoisotopic (exact) mass is 445 g/mol. The second-order valence-corrected chi connectivity index (χ2v) is 5.52. The van der Waals surface area contributed by atoms with Crippen LogP contribution < -0.4 is 10.3 Å². The minimum absolute atomic E-state index is 0. The van der Waals surface area contributed by atoms with E-state index in [1.807, 2.05) is 0 Å². The van der Waals surface area contributed by atoms with Crippen LogP contribution in [-0.4, -0.2) is 31.3 Å². The van der Waals surface area contributed by atoms with Crippen molar-refractivity contribution in [2.45, 2.75) is 19.9 Å². The molecule has 0 aliphatic rings. The molecule has 2 rings (SSSR count). The summed E-state index contributed by atoms with van der Waals surface area (Å²) in [4.78, 5) is 12.1. The fourth-order valence-electron chi connectivity index (χ4n) is 2.27. The smallest absolute Gasteiger partial charge is 0.256 e. The third kappa shape index (κ3) is 5.85. The predicted octanol–water partition coefficient (Wildman–Crippen LogP) is 3.57. The van der Waals surface area contributed by atoms with Crippen molar-refractivity contribution in [2.75, 3.05) is 20.3 Å². The van der Waals surface area contributed by atoms with Crippen LogP contribution in [0.5, 0.6) is 5.75 Å². The summed E-state index contributed by atoms with van der Waals surface area (Å²) in [5, 5.41) is -0.142. The van der Waals surface area contributed by atoms with Crippen molar-refractivity contribution < 1.29 is 51.0 Å². The standard InChI is InChI=1S/C17H17ClF2NO3.Y/c1-11-9-12(24-8-7-23-2)3-4-13(11)15-6-5-14(18)17(22)21(15)10-16(19)20;/h3-5,9,16H,7-8,10H2,1-2H3;/q-1;. The average molecular weight is 446 g/mol. The molecule has 0 unspecified atom stereocenters. The van der Waals surface area contributed by atoms with E-state index >= 15 is 0 Å². The van der Waals surface area contributed by atoms with Gasteiger partial charge in [-0.25, -0.2) is 8.78 Å². The Kier molecular flexibility index (Phi) is 9.21. The topological polar surface area (TPSA) is 40.5 Å². The molecule has 1 radical (unpaired) electrons. The Labute approximate surface area is 175 Å². The summed E-state index contributed by atoms with van der Waals surface area (Å²) in [6.07, 6.45) is -2.68. The summed E-state index contributed by atoms with van der Waals surface area (Å²) in [6, 6.07) is 9.29. The molecule has 0 spiro atoms. The quantitative estimate of drug-likeness (QED) is 0.483. The van der Waals surface area contributed by atoms with Crippen molar-refractivity contribution in [3.05, 3.63) is 51.3 Å². The van der Waals surface area contributed by atoms with Gasteiger partial charge in [0.1, 0.15) is 12.4 Å². The first-order valence-electron chi connectivity index (χ1n) is 7.26. The molecule has 0 N–H and O–H groups in total. The molecule has 0 saturated heterocycles. The number of aryl methyl sites for hydroxylation is 1. The van der Waals surface area contributed by atoms with Gasteiger partial charge in [0.2, 0.25) is 5.56 Å². The first kappa shape index (κ1) is 22.2. The number of benzene rings is 1. The van der Waals surface area contributed by atoms with Crippen LogP contribution in [0, 0.1) is 13.0 Å². The maximum atomic E-state index is 12.8. The minimum Gasteiger partial charge on any atom is -0.491 e. The third-order valence-corrected chi connectivity index (χ3v) is 3.66. The number of alkyl halides is 2. The van der Waals surface area contributed by atoms with Gasteiger partial charge in [-0.3, -0.25) is 4.79 Å². The normalized spacial score (nSPS) is 10.6. The second-order valence-electron chi connectivity index (χ2n) is 5.11.